The summed E-state index contributed by atoms with van der Waals surface area (Å²) in [4.78, 5) is 18.7. The van der Waals surface area contributed by atoms with Crippen LogP contribution in [0.1, 0.15) is 36.8 Å². The van der Waals surface area contributed by atoms with E-state index in [-0.39, 0.29) is 5.92 Å². The Balaban J connectivity index is 1.21. The topological polar surface area (TPSA) is 55.6 Å². The molecule has 1 aromatic heterocycles. The summed E-state index contributed by atoms with van der Waals surface area (Å²) in [7, 11) is 0. The van der Waals surface area contributed by atoms with Gasteiger partial charge in [-0.1, -0.05) is 23.7 Å². The third-order valence-corrected chi connectivity index (χ3v) is 6.63. The van der Waals surface area contributed by atoms with Crippen LogP contribution in [0.5, 0.6) is 5.75 Å². The molecule has 0 spiro atoms. The first-order valence-electron chi connectivity index (χ1n) is 10.8. The number of Topliss-reactive ketones (excluding diaryl/α,β-unsaturated/α-hetero) is 1. The molecule has 1 aliphatic heterocycles. The number of ketones is 1. The fraction of sp³-hybridized carbons (Fsp3) is 0.360. The highest BCUT2D eigenvalue weighted by Gasteiger charge is 2.38. The minimum atomic E-state index is 0.250. The Morgan fingerprint density at radius 3 is 2.61 bits per heavy atom. The third kappa shape index (κ3) is 4.39. The molecule has 0 bridgehead atoms. The maximum atomic E-state index is 11.5. The lowest BCUT2D eigenvalue weighted by atomic mass is 9.76. The normalized spacial score (nSPS) is 20.7. The molecule has 5 nitrogen and oxygen atoms in total. The fourth-order valence-corrected chi connectivity index (χ4v) is 4.44. The number of hydrogen-bond acceptors (Lipinski definition) is 5. The number of ether oxygens (including phenoxy) is 1. The zero-order valence-electron chi connectivity index (χ0n) is 17.5. The van der Waals surface area contributed by atoms with E-state index in [1.807, 2.05) is 48.5 Å². The number of hydrogen-bond donors (Lipinski definition) is 0. The van der Waals surface area contributed by atoms with E-state index in [9.17, 15) is 4.79 Å². The minimum absolute atomic E-state index is 0.250. The van der Waals surface area contributed by atoms with Crippen molar-refractivity contribution >= 4 is 17.4 Å². The Labute approximate surface area is 187 Å². The highest BCUT2D eigenvalue weighted by molar-refractivity contribution is 6.30. The SMILES string of the molecule is CC(=O)C1CC(N2CCc3oc(-c4ccc(OCc5ccc(Cl)cc5)cc4)nc3C2)C1. The second kappa shape index (κ2) is 8.48. The zero-order valence-corrected chi connectivity index (χ0v) is 18.3. The lowest BCUT2D eigenvalue weighted by Crippen LogP contribution is -2.48. The van der Waals surface area contributed by atoms with Crippen LogP contribution in [0.3, 0.4) is 0 Å². The quantitative estimate of drug-likeness (QED) is 0.524. The third-order valence-electron chi connectivity index (χ3n) is 6.38. The van der Waals surface area contributed by atoms with E-state index in [4.69, 9.17) is 25.7 Å². The van der Waals surface area contributed by atoms with Crippen LogP contribution in [0.25, 0.3) is 11.5 Å². The molecule has 0 radical (unpaired) electrons. The van der Waals surface area contributed by atoms with Gasteiger partial charge in [-0.3, -0.25) is 9.69 Å². The maximum Gasteiger partial charge on any atom is 0.226 e. The van der Waals surface area contributed by atoms with E-state index in [0.717, 1.165) is 65.7 Å². The maximum absolute atomic E-state index is 11.5. The number of oxazole rings is 1. The van der Waals surface area contributed by atoms with Gasteiger partial charge in [0, 0.05) is 42.1 Å². The van der Waals surface area contributed by atoms with Gasteiger partial charge < -0.3 is 9.15 Å². The molecule has 1 saturated carbocycles. The van der Waals surface area contributed by atoms with Crippen molar-refractivity contribution in [3.63, 3.8) is 0 Å². The highest BCUT2D eigenvalue weighted by Crippen LogP contribution is 2.36. The average Bonchev–Trinajstić information content (AvgIpc) is 3.16. The van der Waals surface area contributed by atoms with Gasteiger partial charge in [0.15, 0.2) is 0 Å². The van der Waals surface area contributed by atoms with Crippen molar-refractivity contribution in [2.75, 3.05) is 6.54 Å². The van der Waals surface area contributed by atoms with Crippen LogP contribution < -0.4 is 4.74 Å². The van der Waals surface area contributed by atoms with E-state index < -0.39 is 0 Å². The molecule has 160 valence electrons. The predicted molar refractivity (Wildman–Crippen MR) is 119 cm³/mol. The number of fused-ring (bicyclic) bond motifs is 1. The van der Waals surface area contributed by atoms with Gasteiger partial charge in [0.1, 0.15) is 23.9 Å². The Morgan fingerprint density at radius 1 is 1.16 bits per heavy atom. The van der Waals surface area contributed by atoms with Crippen LogP contribution in [-0.2, 0) is 24.4 Å². The molecule has 31 heavy (non-hydrogen) atoms. The molecule has 5 rings (SSSR count). The van der Waals surface area contributed by atoms with E-state index in [2.05, 4.69) is 4.90 Å². The molecule has 0 saturated heterocycles. The molecule has 1 fully saturated rings. The number of carbonyl (C=O) groups excluding carboxylic acids is 1. The summed E-state index contributed by atoms with van der Waals surface area (Å²) in [5.74, 6) is 3.01. The number of benzene rings is 2. The van der Waals surface area contributed by atoms with Gasteiger partial charge in [-0.25, -0.2) is 4.98 Å². The standard InChI is InChI=1S/C25H25ClN2O3/c1-16(29)19-12-21(13-19)28-11-10-24-23(14-28)27-25(31-24)18-4-8-22(9-5-18)30-15-17-2-6-20(26)7-3-17/h2-9,19,21H,10-15H2,1H3. The molecule has 0 atom stereocenters. The van der Waals surface area contributed by atoms with Gasteiger partial charge >= 0.3 is 0 Å². The summed E-state index contributed by atoms with van der Waals surface area (Å²) in [5.41, 5.74) is 3.04. The van der Waals surface area contributed by atoms with E-state index in [1.54, 1.807) is 6.92 Å². The molecule has 2 aliphatic rings. The van der Waals surface area contributed by atoms with Gasteiger partial charge in [-0.2, -0.15) is 0 Å². The summed E-state index contributed by atoms with van der Waals surface area (Å²) < 4.78 is 11.9. The largest absolute Gasteiger partial charge is 0.489 e. The summed E-state index contributed by atoms with van der Waals surface area (Å²) in [6.45, 7) is 3.96. The van der Waals surface area contributed by atoms with Crippen molar-refractivity contribution in [1.82, 2.24) is 9.88 Å². The lowest BCUT2D eigenvalue weighted by Gasteiger charge is -2.42. The Hall–Kier alpha value is -2.63. The summed E-state index contributed by atoms with van der Waals surface area (Å²) >= 11 is 5.92. The molecule has 1 aliphatic carbocycles. The molecule has 3 aromatic rings. The summed E-state index contributed by atoms with van der Waals surface area (Å²) in [6, 6.07) is 16.0. The number of rotatable bonds is 6. The smallest absolute Gasteiger partial charge is 0.226 e. The van der Waals surface area contributed by atoms with Gasteiger partial charge in [0.25, 0.3) is 0 Å². The molecule has 6 heteroatoms. The average molecular weight is 437 g/mol. The molecule has 0 unspecified atom stereocenters. The summed E-state index contributed by atoms with van der Waals surface area (Å²) in [6.07, 6.45) is 2.82. The van der Waals surface area contributed by atoms with Crippen LogP contribution in [0.4, 0.5) is 0 Å². The fourth-order valence-electron chi connectivity index (χ4n) is 4.31. The van der Waals surface area contributed by atoms with Crippen LogP contribution in [-0.4, -0.2) is 28.3 Å². The zero-order chi connectivity index (χ0) is 21.4. The van der Waals surface area contributed by atoms with Gasteiger partial charge in [0.2, 0.25) is 5.89 Å². The summed E-state index contributed by atoms with van der Waals surface area (Å²) in [5, 5.41) is 0.720. The Bertz CT molecular complexity index is 1070. The minimum Gasteiger partial charge on any atom is -0.489 e. The van der Waals surface area contributed by atoms with Crippen molar-refractivity contribution in [2.45, 2.75) is 45.4 Å². The first kappa shape index (κ1) is 20.3. The van der Waals surface area contributed by atoms with Crippen molar-refractivity contribution in [3.05, 3.63) is 70.6 Å². The second-order valence-electron chi connectivity index (χ2n) is 8.48. The number of carbonyl (C=O) groups is 1. The Morgan fingerprint density at radius 2 is 1.90 bits per heavy atom. The molecular weight excluding hydrogens is 412 g/mol. The Kier molecular flexibility index (Phi) is 5.55. The predicted octanol–water partition coefficient (Wildman–Crippen LogP) is 5.30. The molecule has 0 amide bonds. The number of nitrogens with zero attached hydrogens (tertiary/aromatic N) is 2. The van der Waals surface area contributed by atoms with Gasteiger partial charge in [-0.15, -0.1) is 0 Å². The highest BCUT2D eigenvalue weighted by atomic mass is 35.5. The molecule has 0 N–H and O–H groups in total. The van der Waals surface area contributed by atoms with E-state index >= 15 is 0 Å². The van der Waals surface area contributed by atoms with Crippen molar-refractivity contribution in [2.24, 2.45) is 5.92 Å². The van der Waals surface area contributed by atoms with Crippen LogP contribution in [0, 0.1) is 5.92 Å². The first-order chi connectivity index (χ1) is 15.0. The van der Waals surface area contributed by atoms with Crippen molar-refractivity contribution in [1.29, 1.82) is 0 Å². The van der Waals surface area contributed by atoms with Crippen LogP contribution >= 0.6 is 11.6 Å². The molecular formula is C25H25ClN2O3. The van der Waals surface area contributed by atoms with Crippen molar-refractivity contribution < 1.29 is 13.9 Å². The molecule has 2 heterocycles. The molecule has 2 aromatic carbocycles. The van der Waals surface area contributed by atoms with E-state index in [1.165, 1.54) is 0 Å². The monoisotopic (exact) mass is 436 g/mol. The van der Waals surface area contributed by atoms with Crippen LogP contribution in [0.15, 0.2) is 52.9 Å². The van der Waals surface area contributed by atoms with Crippen molar-refractivity contribution in [3.8, 4) is 17.2 Å². The number of halogens is 1. The number of aromatic nitrogens is 1. The van der Waals surface area contributed by atoms with Gasteiger partial charge in [0.05, 0.1) is 5.69 Å². The van der Waals surface area contributed by atoms with Gasteiger partial charge in [-0.05, 0) is 61.7 Å². The first-order valence-corrected chi connectivity index (χ1v) is 11.1. The van der Waals surface area contributed by atoms with E-state index in [0.29, 0.717) is 24.3 Å². The second-order valence-corrected chi connectivity index (χ2v) is 8.92. The lowest BCUT2D eigenvalue weighted by molar-refractivity contribution is -0.125. The van der Waals surface area contributed by atoms with Crippen LogP contribution in [0.2, 0.25) is 5.02 Å².